The van der Waals surface area contributed by atoms with Gasteiger partial charge < -0.3 is 14.2 Å². The smallest absolute Gasteiger partial charge is 0.229 e. The molecule has 0 aliphatic rings. The van der Waals surface area contributed by atoms with E-state index in [0.29, 0.717) is 11.5 Å². The maximum absolute atomic E-state index is 11.3. The van der Waals surface area contributed by atoms with Gasteiger partial charge in [-0.05, 0) is 6.07 Å². The average molecular weight is 224 g/mol. The second-order valence-electron chi connectivity index (χ2n) is 2.89. The first-order chi connectivity index (χ1) is 7.67. The number of aldehydes is 1. The lowest BCUT2D eigenvalue weighted by Gasteiger charge is -2.11. The number of hydrogen-bond donors (Lipinski definition) is 0. The van der Waals surface area contributed by atoms with Crippen LogP contribution in [0.1, 0.15) is 10.4 Å². The molecule has 0 bridgehead atoms. The summed E-state index contributed by atoms with van der Waals surface area (Å²) in [6.45, 7) is 0. The second-order valence-corrected chi connectivity index (χ2v) is 2.89. The van der Waals surface area contributed by atoms with Crippen LogP contribution in [0.2, 0.25) is 0 Å². The van der Waals surface area contributed by atoms with Crippen LogP contribution in [0, 0.1) is 0 Å². The molecule has 0 radical (unpaired) electrons. The Morgan fingerprint density at radius 2 is 1.50 bits per heavy atom. The summed E-state index contributed by atoms with van der Waals surface area (Å²) in [7, 11) is 4.32. The van der Waals surface area contributed by atoms with E-state index >= 15 is 0 Å². The van der Waals surface area contributed by atoms with Crippen LogP contribution in [-0.2, 0) is 4.79 Å². The number of ketones is 1. The van der Waals surface area contributed by atoms with Gasteiger partial charge in [-0.25, -0.2) is 0 Å². The average Bonchev–Trinajstić information content (AvgIpc) is 2.35. The van der Waals surface area contributed by atoms with Crippen LogP contribution in [0.15, 0.2) is 12.1 Å². The van der Waals surface area contributed by atoms with E-state index in [1.165, 1.54) is 33.5 Å². The molecular formula is C11H12O5. The van der Waals surface area contributed by atoms with E-state index < -0.39 is 5.78 Å². The van der Waals surface area contributed by atoms with Gasteiger partial charge in [0.2, 0.25) is 5.78 Å². The van der Waals surface area contributed by atoms with Gasteiger partial charge in [0.25, 0.3) is 0 Å². The van der Waals surface area contributed by atoms with Crippen molar-refractivity contribution < 1.29 is 23.8 Å². The Morgan fingerprint density at radius 1 is 1.00 bits per heavy atom. The molecule has 0 saturated heterocycles. The molecule has 0 fully saturated rings. The highest BCUT2D eigenvalue weighted by Crippen LogP contribution is 2.34. The maximum Gasteiger partial charge on any atom is 0.229 e. The summed E-state index contributed by atoms with van der Waals surface area (Å²) < 4.78 is 15.1. The van der Waals surface area contributed by atoms with E-state index in [-0.39, 0.29) is 17.6 Å². The number of rotatable bonds is 5. The van der Waals surface area contributed by atoms with Crippen molar-refractivity contribution in [3.05, 3.63) is 17.7 Å². The van der Waals surface area contributed by atoms with Crippen LogP contribution in [0.5, 0.6) is 17.2 Å². The highest BCUT2D eigenvalue weighted by atomic mass is 16.5. The quantitative estimate of drug-likeness (QED) is 0.425. The van der Waals surface area contributed by atoms with Crippen molar-refractivity contribution in [2.24, 2.45) is 0 Å². The zero-order chi connectivity index (χ0) is 12.1. The Morgan fingerprint density at radius 3 is 1.94 bits per heavy atom. The minimum atomic E-state index is -0.669. The number of methoxy groups -OCH3 is 3. The Balaban J connectivity index is 3.36. The van der Waals surface area contributed by atoms with E-state index in [1.54, 1.807) is 0 Å². The third kappa shape index (κ3) is 2.13. The molecule has 0 aliphatic heterocycles. The highest BCUT2D eigenvalue weighted by Gasteiger charge is 2.16. The maximum atomic E-state index is 11.3. The van der Waals surface area contributed by atoms with Gasteiger partial charge in [0.05, 0.1) is 26.9 Å². The SMILES string of the molecule is COc1cc(OC)c(C(=O)C=O)cc1OC. The monoisotopic (exact) mass is 224 g/mol. The van der Waals surface area contributed by atoms with Crippen molar-refractivity contribution in [2.45, 2.75) is 0 Å². The normalized spacial score (nSPS) is 9.44. The van der Waals surface area contributed by atoms with Crippen molar-refractivity contribution >= 4 is 12.1 Å². The molecule has 0 amide bonds. The van der Waals surface area contributed by atoms with Gasteiger partial charge in [0.15, 0.2) is 17.8 Å². The summed E-state index contributed by atoms with van der Waals surface area (Å²) in [5.74, 6) is 0.405. The van der Waals surface area contributed by atoms with Crippen molar-refractivity contribution in [1.82, 2.24) is 0 Å². The molecule has 5 heteroatoms. The first kappa shape index (κ1) is 12.0. The first-order valence-corrected chi connectivity index (χ1v) is 4.47. The van der Waals surface area contributed by atoms with Crippen molar-refractivity contribution in [3.8, 4) is 17.2 Å². The third-order valence-corrected chi connectivity index (χ3v) is 2.08. The fraction of sp³-hybridized carbons (Fsp3) is 0.273. The summed E-state index contributed by atoms with van der Waals surface area (Å²) in [4.78, 5) is 21.8. The topological polar surface area (TPSA) is 61.8 Å². The molecule has 1 aromatic rings. The summed E-state index contributed by atoms with van der Waals surface area (Å²) in [6.07, 6.45) is 0.226. The molecular weight excluding hydrogens is 212 g/mol. The number of carbonyl (C=O) groups excluding carboxylic acids is 2. The number of Topliss-reactive ketones (excluding diaryl/α,β-unsaturated/α-hetero) is 1. The van der Waals surface area contributed by atoms with E-state index in [9.17, 15) is 9.59 Å². The van der Waals surface area contributed by atoms with Gasteiger partial charge in [-0.3, -0.25) is 9.59 Å². The van der Waals surface area contributed by atoms with E-state index in [0.717, 1.165) is 0 Å². The molecule has 16 heavy (non-hydrogen) atoms. The molecule has 1 rings (SSSR count). The Kier molecular flexibility index (Phi) is 3.88. The first-order valence-electron chi connectivity index (χ1n) is 4.47. The van der Waals surface area contributed by atoms with Gasteiger partial charge in [-0.2, -0.15) is 0 Å². The van der Waals surface area contributed by atoms with Gasteiger partial charge in [0.1, 0.15) is 5.75 Å². The summed E-state index contributed by atoms with van der Waals surface area (Å²) in [5, 5.41) is 0. The van der Waals surface area contributed by atoms with Crippen LogP contribution >= 0.6 is 0 Å². The fourth-order valence-electron chi connectivity index (χ4n) is 1.29. The Bertz CT molecular complexity index is 411. The number of benzene rings is 1. The van der Waals surface area contributed by atoms with Crippen LogP contribution < -0.4 is 14.2 Å². The van der Waals surface area contributed by atoms with Gasteiger partial charge in [0, 0.05) is 6.07 Å². The van der Waals surface area contributed by atoms with Crippen molar-refractivity contribution in [3.63, 3.8) is 0 Å². The van der Waals surface area contributed by atoms with E-state index in [1.807, 2.05) is 0 Å². The van der Waals surface area contributed by atoms with E-state index in [2.05, 4.69) is 0 Å². The summed E-state index contributed by atoms with van der Waals surface area (Å²) in [6, 6.07) is 2.91. The van der Waals surface area contributed by atoms with Crippen molar-refractivity contribution in [1.29, 1.82) is 0 Å². The molecule has 0 spiro atoms. The molecule has 0 unspecified atom stereocenters. The van der Waals surface area contributed by atoms with Crippen LogP contribution in [0.3, 0.4) is 0 Å². The number of ether oxygens (including phenoxy) is 3. The number of carbonyl (C=O) groups is 2. The molecule has 1 aromatic carbocycles. The molecule has 86 valence electrons. The van der Waals surface area contributed by atoms with Gasteiger partial charge >= 0.3 is 0 Å². The minimum Gasteiger partial charge on any atom is -0.496 e. The molecule has 0 N–H and O–H groups in total. The van der Waals surface area contributed by atoms with E-state index in [4.69, 9.17) is 14.2 Å². The molecule has 0 aliphatic carbocycles. The highest BCUT2D eigenvalue weighted by molar-refractivity contribution is 6.34. The van der Waals surface area contributed by atoms with Crippen LogP contribution in [0.25, 0.3) is 0 Å². The lowest BCUT2D eigenvalue weighted by atomic mass is 10.1. The van der Waals surface area contributed by atoms with Crippen LogP contribution in [0.4, 0.5) is 0 Å². The fourth-order valence-corrected chi connectivity index (χ4v) is 1.29. The predicted molar refractivity (Wildman–Crippen MR) is 56.5 cm³/mol. The zero-order valence-electron chi connectivity index (χ0n) is 9.27. The van der Waals surface area contributed by atoms with Gasteiger partial charge in [-0.1, -0.05) is 0 Å². The lowest BCUT2D eigenvalue weighted by Crippen LogP contribution is -2.04. The summed E-state index contributed by atoms with van der Waals surface area (Å²) >= 11 is 0. The molecule has 0 atom stereocenters. The van der Waals surface area contributed by atoms with Crippen molar-refractivity contribution in [2.75, 3.05) is 21.3 Å². The third-order valence-electron chi connectivity index (χ3n) is 2.08. The predicted octanol–water partition coefficient (Wildman–Crippen LogP) is 1.09. The second kappa shape index (κ2) is 5.16. The largest absolute Gasteiger partial charge is 0.496 e. The molecule has 5 nitrogen and oxygen atoms in total. The molecule has 0 aromatic heterocycles. The Hall–Kier alpha value is -2.04. The minimum absolute atomic E-state index is 0.148. The molecule has 0 saturated carbocycles. The molecule has 0 heterocycles. The standard InChI is InChI=1S/C11H12O5/c1-14-9-5-11(16-3)10(15-2)4-7(9)8(13)6-12/h4-6H,1-3H3. The zero-order valence-corrected chi connectivity index (χ0v) is 9.27. The Labute approximate surface area is 92.9 Å². The summed E-state index contributed by atoms with van der Waals surface area (Å²) in [5.41, 5.74) is 0.148. The lowest BCUT2D eigenvalue weighted by molar-refractivity contribution is -0.104. The number of hydrogen-bond acceptors (Lipinski definition) is 5. The van der Waals surface area contributed by atoms with Crippen LogP contribution in [-0.4, -0.2) is 33.4 Å². The van der Waals surface area contributed by atoms with Gasteiger partial charge in [-0.15, -0.1) is 0 Å².